The Labute approximate surface area is 118 Å². The Balaban J connectivity index is 2.37. The fourth-order valence-electron chi connectivity index (χ4n) is 1.85. The highest BCUT2D eigenvalue weighted by molar-refractivity contribution is 7.54. The fraction of sp³-hybridized carbons (Fsp3) is 0.214. The lowest BCUT2D eigenvalue weighted by atomic mass is 10.2. The summed E-state index contributed by atoms with van der Waals surface area (Å²) in [7, 11) is -0.579. The highest BCUT2D eigenvalue weighted by Crippen LogP contribution is 2.59. The lowest BCUT2D eigenvalue weighted by Gasteiger charge is -2.26. The van der Waals surface area contributed by atoms with E-state index in [1.807, 2.05) is 42.5 Å². The van der Waals surface area contributed by atoms with Crippen molar-refractivity contribution < 1.29 is 13.6 Å². The molecule has 20 heavy (non-hydrogen) atoms. The van der Waals surface area contributed by atoms with Crippen LogP contribution in [0.15, 0.2) is 54.7 Å². The predicted octanol–water partition coefficient (Wildman–Crippen LogP) is 3.68. The zero-order valence-electron chi connectivity index (χ0n) is 11.4. The van der Waals surface area contributed by atoms with Gasteiger partial charge in [0.1, 0.15) is 5.82 Å². The van der Waals surface area contributed by atoms with Crippen LogP contribution in [0.4, 0.5) is 5.82 Å². The van der Waals surface area contributed by atoms with Crippen molar-refractivity contribution in [3.63, 3.8) is 0 Å². The number of pyridine rings is 1. The van der Waals surface area contributed by atoms with Gasteiger partial charge in [-0.15, -0.1) is 0 Å². The van der Waals surface area contributed by atoms with Crippen molar-refractivity contribution in [2.45, 2.75) is 5.78 Å². The average Bonchev–Trinajstić information content (AvgIpc) is 2.54. The van der Waals surface area contributed by atoms with Crippen molar-refractivity contribution in [3.05, 3.63) is 60.3 Å². The molecule has 0 aliphatic heterocycles. The van der Waals surface area contributed by atoms with Gasteiger partial charge in [-0.1, -0.05) is 36.4 Å². The van der Waals surface area contributed by atoms with Crippen LogP contribution >= 0.6 is 7.60 Å². The number of rotatable bonds is 6. The molecule has 5 nitrogen and oxygen atoms in total. The summed E-state index contributed by atoms with van der Waals surface area (Å²) >= 11 is 0. The Morgan fingerprint density at radius 3 is 2.25 bits per heavy atom. The van der Waals surface area contributed by atoms with E-state index in [1.165, 1.54) is 14.2 Å². The Kier molecular flexibility index (Phi) is 4.90. The molecule has 1 aromatic carbocycles. The van der Waals surface area contributed by atoms with Gasteiger partial charge >= 0.3 is 7.60 Å². The van der Waals surface area contributed by atoms with Crippen LogP contribution in [0.3, 0.4) is 0 Å². The zero-order valence-corrected chi connectivity index (χ0v) is 12.3. The molecule has 0 aliphatic carbocycles. The lowest BCUT2D eigenvalue weighted by Crippen LogP contribution is -2.14. The second-order valence-corrected chi connectivity index (χ2v) is 6.40. The summed E-state index contributed by atoms with van der Waals surface area (Å²) in [4.78, 5) is 4.18. The van der Waals surface area contributed by atoms with Crippen LogP contribution in [0.1, 0.15) is 11.3 Å². The third-order valence-corrected chi connectivity index (χ3v) is 4.97. The Morgan fingerprint density at radius 2 is 1.70 bits per heavy atom. The third kappa shape index (κ3) is 3.25. The molecule has 0 saturated carbocycles. The number of aromatic nitrogens is 1. The monoisotopic (exact) mass is 292 g/mol. The quantitative estimate of drug-likeness (QED) is 0.823. The van der Waals surface area contributed by atoms with Crippen LogP contribution in [0.2, 0.25) is 0 Å². The number of anilines is 1. The van der Waals surface area contributed by atoms with Crippen LogP contribution in [0, 0.1) is 0 Å². The molecule has 1 N–H and O–H groups in total. The molecular weight excluding hydrogens is 275 g/mol. The minimum atomic E-state index is -3.33. The minimum Gasteiger partial charge on any atom is -0.353 e. The molecule has 0 fully saturated rings. The summed E-state index contributed by atoms with van der Waals surface area (Å²) < 4.78 is 23.0. The molecule has 2 aromatic rings. The second-order valence-electron chi connectivity index (χ2n) is 4.08. The van der Waals surface area contributed by atoms with E-state index in [2.05, 4.69) is 10.3 Å². The van der Waals surface area contributed by atoms with Gasteiger partial charge in [-0.25, -0.2) is 4.98 Å². The molecule has 1 heterocycles. The lowest BCUT2D eigenvalue weighted by molar-refractivity contribution is 0.268. The molecule has 1 atom stereocenters. The van der Waals surface area contributed by atoms with Crippen molar-refractivity contribution in [2.24, 2.45) is 0 Å². The van der Waals surface area contributed by atoms with Gasteiger partial charge in [0.05, 0.1) is 0 Å². The van der Waals surface area contributed by atoms with E-state index in [4.69, 9.17) is 9.05 Å². The van der Waals surface area contributed by atoms with Crippen LogP contribution in [-0.2, 0) is 13.6 Å². The van der Waals surface area contributed by atoms with Crippen molar-refractivity contribution in [1.82, 2.24) is 4.98 Å². The SMILES string of the molecule is COP(=O)(OC)[C@@H](Nc1ccccn1)c1ccccc1. The van der Waals surface area contributed by atoms with Gasteiger partial charge < -0.3 is 14.4 Å². The number of hydrogen-bond acceptors (Lipinski definition) is 5. The molecule has 6 heteroatoms. The fourth-order valence-corrected chi connectivity index (χ4v) is 3.25. The van der Waals surface area contributed by atoms with E-state index in [0.29, 0.717) is 5.82 Å². The standard InChI is InChI=1S/C14H17N2O3P/c1-18-20(17,19-2)14(12-8-4-3-5-9-12)16-13-10-6-7-11-15-13/h3-11,14H,1-2H3,(H,15,16)/t14-/m1/s1. The first-order valence-corrected chi connectivity index (χ1v) is 7.74. The summed E-state index contributed by atoms with van der Waals surface area (Å²) in [5, 5.41) is 3.11. The topological polar surface area (TPSA) is 60.5 Å². The Hall–Kier alpha value is -1.68. The molecule has 0 amide bonds. The molecule has 0 radical (unpaired) electrons. The molecule has 106 valence electrons. The van der Waals surface area contributed by atoms with E-state index in [9.17, 15) is 4.57 Å². The van der Waals surface area contributed by atoms with E-state index >= 15 is 0 Å². The van der Waals surface area contributed by atoms with Crippen molar-refractivity contribution >= 4 is 13.4 Å². The van der Waals surface area contributed by atoms with Gasteiger partial charge in [0.25, 0.3) is 0 Å². The number of benzene rings is 1. The third-order valence-electron chi connectivity index (χ3n) is 2.89. The molecule has 0 spiro atoms. The summed E-state index contributed by atoms with van der Waals surface area (Å²) in [6, 6.07) is 14.8. The molecular formula is C14H17N2O3P. The predicted molar refractivity (Wildman–Crippen MR) is 78.7 cm³/mol. The van der Waals surface area contributed by atoms with Crippen LogP contribution < -0.4 is 5.32 Å². The van der Waals surface area contributed by atoms with E-state index in [-0.39, 0.29) is 0 Å². The minimum absolute atomic E-state index is 0.607. The molecule has 0 saturated heterocycles. The smallest absolute Gasteiger partial charge is 0.353 e. The van der Waals surface area contributed by atoms with Crippen LogP contribution in [0.25, 0.3) is 0 Å². The first-order chi connectivity index (χ1) is 9.69. The number of hydrogen-bond donors (Lipinski definition) is 1. The highest BCUT2D eigenvalue weighted by Gasteiger charge is 2.35. The second kappa shape index (κ2) is 6.66. The Bertz CT molecular complexity index is 569. The molecule has 0 aliphatic rings. The maximum Gasteiger partial charge on any atom is 0.356 e. The van der Waals surface area contributed by atoms with E-state index < -0.39 is 13.4 Å². The van der Waals surface area contributed by atoms with Gasteiger partial charge in [-0.2, -0.15) is 0 Å². The van der Waals surface area contributed by atoms with Crippen molar-refractivity contribution in [3.8, 4) is 0 Å². The maximum absolute atomic E-state index is 12.7. The largest absolute Gasteiger partial charge is 0.356 e. The van der Waals surface area contributed by atoms with Crippen LogP contribution in [0.5, 0.6) is 0 Å². The van der Waals surface area contributed by atoms with Crippen molar-refractivity contribution in [2.75, 3.05) is 19.5 Å². The van der Waals surface area contributed by atoms with Crippen LogP contribution in [-0.4, -0.2) is 19.2 Å². The van der Waals surface area contributed by atoms with Gasteiger partial charge in [0, 0.05) is 20.4 Å². The number of nitrogens with zero attached hydrogens (tertiary/aromatic N) is 1. The average molecular weight is 292 g/mol. The summed E-state index contributed by atoms with van der Waals surface area (Å²) in [5.74, 6) is -0.00993. The first-order valence-electron chi connectivity index (χ1n) is 6.13. The first kappa shape index (κ1) is 14.7. The van der Waals surface area contributed by atoms with Gasteiger partial charge in [0.2, 0.25) is 0 Å². The normalized spacial score (nSPS) is 12.9. The van der Waals surface area contributed by atoms with Gasteiger partial charge in [-0.3, -0.25) is 4.57 Å². The van der Waals surface area contributed by atoms with E-state index in [1.54, 1.807) is 12.3 Å². The summed E-state index contributed by atoms with van der Waals surface area (Å²) in [6.07, 6.45) is 1.66. The number of nitrogens with one attached hydrogen (secondary N) is 1. The Morgan fingerprint density at radius 1 is 1.05 bits per heavy atom. The highest BCUT2D eigenvalue weighted by atomic mass is 31.2. The molecule has 2 rings (SSSR count). The van der Waals surface area contributed by atoms with Gasteiger partial charge in [-0.05, 0) is 17.7 Å². The molecule has 1 aromatic heterocycles. The summed E-state index contributed by atoms with van der Waals surface area (Å²) in [5.41, 5.74) is 0.810. The maximum atomic E-state index is 12.7. The molecule has 0 bridgehead atoms. The van der Waals surface area contributed by atoms with Crippen molar-refractivity contribution in [1.29, 1.82) is 0 Å². The van der Waals surface area contributed by atoms with E-state index in [0.717, 1.165) is 5.56 Å². The summed E-state index contributed by atoms with van der Waals surface area (Å²) in [6.45, 7) is 0. The van der Waals surface area contributed by atoms with Gasteiger partial charge in [0.15, 0.2) is 5.78 Å². The molecule has 0 unspecified atom stereocenters. The zero-order chi connectivity index (χ0) is 14.4.